The summed E-state index contributed by atoms with van der Waals surface area (Å²) < 4.78 is 7.65. The van der Waals surface area contributed by atoms with Crippen molar-refractivity contribution in [2.24, 2.45) is 0 Å². The lowest BCUT2D eigenvalue weighted by molar-refractivity contribution is 0.0881. The number of carbonyl (C=O) groups excluding carboxylic acids is 3. The van der Waals surface area contributed by atoms with Crippen molar-refractivity contribution in [2.75, 3.05) is 42.5 Å². The highest BCUT2D eigenvalue weighted by atomic mass is 16.3. The molecule has 0 spiro atoms. The van der Waals surface area contributed by atoms with Gasteiger partial charge in [-0.15, -0.1) is 0 Å². The number of imide groups is 1. The zero-order chi connectivity index (χ0) is 42.5. The number of benzene rings is 5. The highest BCUT2D eigenvalue weighted by Crippen LogP contribution is 2.30. The highest BCUT2D eigenvalue weighted by molar-refractivity contribution is 6.25. The molecule has 3 heterocycles. The second kappa shape index (κ2) is 17.3. The second-order valence-corrected chi connectivity index (χ2v) is 14.8. The van der Waals surface area contributed by atoms with E-state index in [1.165, 1.54) is 48.5 Å². The molecule has 0 unspecified atom stereocenters. The number of fused-ring (bicyclic) bond motifs is 2. The number of aromatic nitrogens is 1. The minimum atomic E-state index is -0.667. The molecule has 1 fully saturated rings. The van der Waals surface area contributed by atoms with Gasteiger partial charge in [-0.05, 0) is 147 Å². The molecule has 61 heavy (non-hydrogen) atoms. The number of piperazine rings is 1. The molecule has 5 aromatic carbocycles. The molecule has 1 aliphatic rings. The molecule has 1 aliphatic heterocycles. The first-order valence-electron chi connectivity index (χ1n) is 19.8. The normalized spacial score (nSPS) is 12.6. The van der Waals surface area contributed by atoms with Crippen LogP contribution in [0.25, 0.3) is 21.9 Å². The molecule has 0 aliphatic carbocycles. The fraction of sp³-hybridized carbons (Fsp3) is 0.163. The van der Waals surface area contributed by atoms with E-state index in [0.717, 1.165) is 84.4 Å². The van der Waals surface area contributed by atoms with Crippen LogP contribution in [0.5, 0.6) is 0 Å². The van der Waals surface area contributed by atoms with Crippen molar-refractivity contribution in [1.29, 1.82) is 21.0 Å². The molecule has 7 aromatic rings. The molecule has 8 rings (SSSR count). The van der Waals surface area contributed by atoms with Crippen LogP contribution in [-0.2, 0) is 6.42 Å². The van der Waals surface area contributed by atoms with E-state index in [1.807, 2.05) is 48.7 Å². The number of anilines is 2. The summed E-state index contributed by atoms with van der Waals surface area (Å²) in [6, 6.07) is 39.9. The lowest BCUT2D eigenvalue weighted by Gasteiger charge is -2.36. The van der Waals surface area contributed by atoms with E-state index in [2.05, 4.69) is 21.9 Å². The predicted octanol–water partition coefficient (Wildman–Crippen LogP) is 8.19. The largest absolute Gasteiger partial charge is 0.451 e. The number of aryl methyl sites for hydroxylation is 1. The van der Waals surface area contributed by atoms with E-state index < -0.39 is 11.8 Å². The van der Waals surface area contributed by atoms with E-state index in [4.69, 9.17) is 9.68 Å². The Morgan fingerprint density at radius 3 is 1.87 bits per heavy atom. The lowest BCUT2D eigenvalue weighted by Crippen LogP contribution is -2.46. The van der Waals surface area contributed by atoms with E-state index >= 15 is 0 Å². The van der Waals surface area contributed by atoms with Crippen molar-refractivity contribution in [1.82, 2.24) is 9.47 Å². The van der Waals surface area contributed by atoms with Gasteiger partial charge >= 0.3 is 5.91 Å². The third-order valence-electron chi connectivity index (χ3n) is 11.0. The third-order valence-corrected chi connectivity index (χ3v) is 11.0. The minimum Gasteiger partial charge on any atom is -0.451 e. The van der Waals surface area contributed by atoms with Crippen LogP contribution in [0.2, 0.25) is 0 Å². The summed E-state index contributed by atoms with van der Waals surface area (Å²) in [6.45, 7) is 4.27. The standard InChI is InChI=1S/C49H36N8O4/c50-28-33-4-11-37(12-5-33)47(58)56-32-39(43-25-36(31-53)10-18-44(43)56)3-1-2-20-54-21-23-55(24-22-54)42-17-19-45-40(26-42)27-46(61-45)49(60)57(41-15-8-35(30-52)9-16-41)48(59)38-13-6-34(29-51)7-14-38/h4-19,25-27,32H,1-3,20-24H2. The van der Waals surface area contributed by atoms with Crippen LogP contribution in [0.3, 0.4) is 0 Å². The van der Waals surface area contributed by atoms with Crippen molar-refractivity contribution in [3.63, 3.8) is 0 Å². The van der Waals surface area contributed by atoms with E-state index in [0.29, 0.717) is 33.4 Å². The molecule has 296 valence electrons. The molecule has 0 bridgehead atoms. The van der Waals surface area contributed by atoms with E-state index in [-0.39, 0.29) is 22.9 Å². The number of carbonyl (C=O) groups is 3. The van der Waals surface area contributed by atoms with Gasteiger partial charge in [-0.2, -0.15) is 21.0 Å². The summed E-state index contributed by atoms with van der Waals surface area (Å²) in [6.07, 6.45) is 4.49. The molecule has 1 saturated heterocycles. The maximum absolute atomic E-state index is 14.0. The minimum absolute atomic E-state index is 0.0173. The first-order valence-corrected chi connectivity index (χ1v) is 19.8. The van der Waals surface area contributed by atoms with Crippen LogP contribution in [0.1, 0.15) is 71.9 Å². The van der Waals surface area contributed by atoms with Crippen LogP contribution in [0.4, 0.5) is 11.4 Å². The summed E-state index contributed by atoms with van der Waals surface area (Å²) in [4.78, 5) is 47.1. The van der Waals surface area contributed by atoms with Crippen molar-refractivity contribution in [2.45, 2.75) is 19.3 Å². The van der Waals surface area contributed by atoms with E-state index in [9.17, 15) is 30.2 Å². The zero-order valence-corrected chi connectivity index (χ0v) is 32.9. The van der Waals surface area contributed by atoms with Gasteiger partial charge in [0.1, 0.15) is 5.58 Å². The maximum atomic E-state index is 14.0. The Kier molecular flexibility index (Phi) is 11.2. The third kappa shape index (κ3) is 8.22. The molecule has 0 atom stereocenters. The Hall–Kier alpha value is -8.29. The predicted molar refractivity (Wildman–Crippen MR) is 229 cm³/mol. The van der Waals surface area contributed by atoms with Crippen molar-refractivity contribution >= 4 is 51.0 Å². The number of amides is 2. The first kappa shape index (κ1) is 39.5. The van der Waals surface area contributed by atoms with Crippen LogP contribution in [-0.4, -0.2) is 59.9 Å². The van der Waals surface area contributed by atoms with Gasteiger partial charge in [0.2, 0.25) is 0 Å². The summed E-state index contributed by atoms with van der Waals surface area (Å²) in [7, 11) is 0. The number of furan rings is 1. The number of nitriles is 4. The summed E-state index contributed by atoms with van der Waals surface area (Å²) in [5, 5.41) is 38.9. The number of hydrogen-bond acceptors (Lipinski definition) is 10. The monoisotopic (exact) mass is 800 g/mol. The average molecular weight is 801 g/mol. The number of rotatable bonds is 10. The van der Waals surface area contributed by atoms with Crippen molar-refractivity contribution in [3.05, 3.63) is 166 Å². The molecule has 2 aromatic heterocycles. The highest BCUT2D eigenvalue weighted by Gasteiger charge is 2.29. The van der Waals surface area contributed by atoms with Gasteiger partial charge < -0.3 is 9.32 Å². The quantitative estimate of drug-likeness (QED) is 0.0969. The second-order valence-electron chi connectivity index (χ2n) is 14.8. The van der Waals surface area contributed by atoms with Gasteiger partial charge in [-0.25, -0.2) is 4.90 Å². The molecule has 2 amide bonds. The van der Waals surface area contributed by atoms with Crippen molar-refractivity contribution in [3.8, 4) is 24.3 Å². The van der Waals surface area contributed by atoms with Gasteiger partial charge in [0.15, 0.2) is 5.76 Å². The number of nitrogens with zero attached hydrogens (tertiary/aromatic N) is 8. The van der Waals surface area contributed by atoms with Gasteiger partial charge in [0, 0.05) is 60.0 Å². The van der Waals surface area contributed by atoms with Crippen LogP contribution < -0.4 is 9.80 Å². The summed E-state index contributed by atoms with van der Waals surface area (Å²) >= 11 is 0. The number of unbranched alkanes of at least 4 members (excludes halogenated alkanes) is 1. The number of hydrogen-bond donors (Lipinski definition) is 0. The molecular weight excluding hydrogens is 765 g/mol. The Morgan fingerprint density at radius 1 is 0.623 bits per heavy atom. The maximum Gasteiger partial charge on any atom is 0.301 e. The van der Waals surface area contributed by atoms with Crippen LogP contribution >= 0.6 is 0 Å². The smallest absolute Gasteiger partial charge is 0.301 e. The van der Waals surface area contributed by atoms with Crippen LogP contribution in [0, 0.1) is 45.3 Å². The van der Waals surface area contributed by atoms with Crippen molar-refractivity contribution < 1.29 is 18.8 Å². The van der Waals surface area contributed by atoms with Gasteiger partial charge in [0.25, 0.3) is 11.8 Å². The zero-order valence-electron chi connectivity index (χ0n) is 32.9. The topological polar surface area (TPSA) is 174 Å². The Morgan fingerprint density at radius 2 is 1.23 bits per heavy atom. The SMILES string of the molecule is N#Cc1ccc(C(=O)N(C(=O)c2cc3cc(N4CCN(CCCCc5cn(C(=O)c6ccc(C#N)cc6)c6ccc(C#N)cc56)CC4)ccc3o2)c2ccc(C#N)cc2)cc1. The van der Waals surface area contributed by atoms with Gasteiger partial charge in [-0.1, -0.05) is 0 Å². The fourth-order valence-corrected chi connectivity index (χ4v) is 7.71. The van der Waals surface area contributed by atoms with Gasteiger partial charge in [0.05, 0.1) is 57.7 Å². The van der Waals surface area contributed by atoms with E-state index in [1.54, 1.807) is 41.0 Å². The first-order chi connectivity index (χ1) is 29.8. The summed E-state index contributed by atoms with van der Waals surface area (Å²) in [5.41, 5.74) is 5.99. The molecular formula is C49H36N8O4. The molecule has 12 nitrogen and oxygen atoms in total. The molecule has 0 N–H and O–H groups in total. The molecule has 0 saturated carbocycles. The van der Waals surface area contributed by atoms with Gasteiger partial charge in [-0.3, -0.25) is 23.9 Å². The fourth-order valence-electron chi connectivity index (χ4n) is 7.71. The molecule has 12 heteroatoms. The summed E-state index contributed by atoms with van der Waals surface area (Å²) in [5.74, 6) is -1.48. The lowest BCUT2D eigenvalue weighted by atomic mass is 10.0. The molecule has 0 radical (unpaired) electrons. The van der Waals surface area contributed by atoms with Crippen LogP contribution in [0.15, 0.2) is 126 Å². The Labute approximate surface area is 351 Å². The Bertz CT molecular complexity index is 2980. The Balaban J connectivity index is 0.900. The average Bonchev–Trinajstić information content (AvgIpc) is 3.92.